The van der Waals surface area contributed by atoms with Gasteiger partial charge in [0.2, 0.25) is 5.28 Å². The highest BCUT2D eigenvalue weighted by Gasteiger charge is 2.17. The average Bonchev–Trinajstić information content (AvgIpc) is 3.23. The van der Waals surface area contributed by atoms with E-state index in [0.717, 1.165) is 10.9 Å². The van der Waals surface area contributed by atoms with E-state index in [-0.39, 0.29) is 17.7 Å². The van der Waals surface area contributed by atoms with Gasteiger partial charge in [0.15, 0.2) is 17.0 Å². The van der Waals surface area contributed by atoms with Crippen molar-refractivity contribution in [1.82, 2.24) is 29.3 Å². The lowest BCUT2D eigenvalue weighted by molar-refractivity contribution is -0.140. The number of aromatic nitrogens is 6. The molecular formula is C16H13ClN6O2. The molecule has 1 aromatic carbocycles. The van der Waals surface area contributed by atoms with E-state index in [4.69, 9.17) is 11.6 Å². The van der Waals surface area contributed by atoms with Crippen molar-refractivity contribution in [3.8, 4) is 5.82 Å². The fraction of sp³-hybridized carbons (Fsp3) is 0.188. The fourth-order valence-electron chi connectivity index (χ4n) is 2.67. The van der Waals surface area contributed by atoms with Crippen LogP contribution in [-0.2, 0) is 16.1 Å². The van der Waals surface area contributed by atoms with Gasteiger partial charge in [-0.05, 0) is 17.7 Å². The van der Waals surface area contributed by atoms with Gasteiger partial charge in [-0.25, -0.2) is 9.67 Å². The molecule has 25 heavy (non-hydrogen) atoms. The van der Waals surface area contributed by atoms with E-state index < -0.39 is 0 Å². The van der Waals surface area contributed by atoms with E-state index in [2.05, 4.69) is 24.8 Å². The van der Waals surface area contributed by atoms with E-state index >= 15 is 0 Å². The molecule has 0 bridgehead atoms. The number of para-hydroxylation sites is 1. The third-order valence-electron chi connectivity index (χ3n) is 3.88. The van der Waals surface area contributed by atoms with Crippen molar-refractivity contribution >= 4 is 39.6 Å². The first-order valence-corrected chi connectivity index (χ1v) is 7.93. The molecule has 0 aliphatic rings. The Hall–Kier alpha value is -3.00. The average molecular weight is 357 g/mol. The highest BCUT2D eigenvalue weighted by molar-refractivity contribution is 6.28. The molecule has 4 rings (SSSR count). The molecule has 3 heterocycles. The molecule has 0 N–H and O–H groups in total. The predicted octanol–water partition coefficient (Wildman–Crippen LogP) is 2.38. The van der Waals surface area contributed by atoms with Gasteiger partial charge in [-0.3, -0.25) is 4.79 Å². The normalized spacial score (nSPS) is 11.3. The highest BCUT2D eigenvalue weighted by Crippen LogP contribution is 2.23. The van der Waals surface area contributed by atoms with Gasteiger partial charge in [0.1, 0.15) is 0 Å². The molecule has 0 aliphatic carbocycles. The lowest BCUT2D eigenvalue weighted by atomic mass is 10.2. The molecular weight excluding hydrogens is 344 g/mol. The van der Waals surface area contributed by atoms with Crippen LogP contribution in [0, 0.1) is 0 Å². The molecule has 0 saturated heterocycles. The van der Waals surface area contributed by atoms with Crippen LogP contribution in [0.3, 0.4) is 0 Å². The SMILES string of the molecule is COC(=O)CCn1cnc2c(-n3ncc4ccccc43)nc(Cl)nc21. The zero-order valence-electron chi connectivity index (χ0n) is 13.3. The largest absolute Gasteiger partial charge is 0.469 e. The molecule has 0 amide bonds. The van der Waals surface area contributed by atoms with Crippen LogP contribution < -0.4 is 0 Å². The molecule has 0 fully saturated rings. The topological polar surface area (TPSA) is 87.7 Å². The highest BCUT2D eigenvalue weighted by atomic mass is 35.5. The van der Waals surface area contributed by atoms with Crippen molar-refractivity contribution < 1.29 is 9.53 Å². The second-order valence-corrected chi connectivity index (χ2v) is 5.71. The van der Waals surface area contributed by atoms with Crippen LogP contribution in [0.15, 0.2) is 36.8 Å². The molecule has 126 valence electrons. The summed E-state index contributed by atoms with van der Waals surface area (Å²) in [5, 5.41) is 5.46. The van der Waals surface area contributed by atoms with Crippen molar-refractivity contribution in [3.63, 3.8) is 0 Å². The van der Waals surface area contributed by atoms with Gasteiger partial charge in [-0.15, -0.1) is 0 Å². The quantitative estimate of drug-likeness (QED) is 0.412. The zero-order valence-corrected chi connectivity index (χ0v) is 14.0. The summed E-state index contributed by atoms with van der Waals surface area (Å²) in [5.41, 5.74) is 1.99. The zero-order chi connectivity index (χ0) is 17.4. The lowest BCUT2D eigenvalue weighted by Gasteiger charge is -2.06. The Morgan fingerprint density at radius 3 is 2.96 bits per heavy atom. The number of imidazole rings is 1. The summed E-state index contributed by atoms with van der Waals surface area (Å²) >= 11 is 6.11. The van der Waals surface area contributed by atoms with E-state index in [1.54, 1.807) is 21.8 Å². The van der Waals surface area contributed by atoms with Crippen LogP contribution in [0.1, 0.15) is 6.42 Å². The summed E-state index contributed by atoms with van der Waals surface area (Å²) in [6.45, 7) is 0.385. The molecule has 4 aromatic rings. The van der Waals surface area contributed by atoms with Crippen molar-refractivity contribution in [2.45, 2.75) is 13.0 Å². The third-order valence-corrected chi connectivity index (χ3v) is 4.05. The minimum absolute atomic E-state index is 0.0851. The van der Waals surface area contributed by atoms with Gasteiger partial charge in [-0.1, -0.05) is 18.2 Å². The Labute approximate surface area is 147 Å². The van der Waals surface area contributed by atoms with E-state index in [1.807, 2.05) is 24.3 Å². The molecule has 0 unspecified atom stereocenters. The van der Waals surface area contributed by atoms with Crippen LogP contribution in [0.2, 0.25) is 5.28 Å². The minimum Gasteiger partial charge on any atom is -0.469 e. The van der Waals surface area contributed by atoms with Gasteiger partial charge >= 0.3 is 5.97 Å². The number of hydrogen-bond donors (Lipinski definition) is 0. The Bertz CT molecular complexity index is 1090. The Balaban J connectivity index is 1.85. The molecule has 0 spiro atoms. The summed E-state index contributed by atoms with van der Waals surface area (Å²) in [6, 6.07) is 7.78. The molecule has 8 nitrogen and oxygen atoms in total. The number of nitrogens with zero attached hydrogens (tertiary/aromatic N) is 6. The maximum absolute atomic E-state index is 11.4. The predicted molar refractivity (Wildman–Crippen MR) is 91.6 cm³/mol. The number of carbonyl (C=O) groups is 1. The molecule has 0 atom stereocenters. The van der Waals surface area contributed by atoms with Gasteiger partial charge in [0.05, 0.1) is 31.6 Å². The number of fused-ring (bicyclic) bond motifs is 2. The molecule has 3 aromatic heterocycles. The van der Waals surface area contributed by atoms with Gasteiger partial charge < -0.3 is 9.30 Å². The molecule has 0 saturated carbocycles. The number of carbonyl (C=O) groups excluding carboxylic acids is 1. The number of aryl methyl sites for hydroxylation is 1. The first-order chi connectivity index (χ1) is 12.2. The maximum Gasteiger partial charge on any atom is 0.307 e. The summed E-state index contributed by atoms with van der Waals surface area (Å²) in [5.74, 6) is 0.188. The van der Waals surface area contributed by atoms with Crippen molar-refractivity contribution in [2.75, 3.05) is 7.11 Å². The number of rotatable bonds is 4. The minimum atomic E-state index is -0.305. The van der Waals surface area contributed by atoms with Crippen molar-refractivity contribution in [3.05, 3.63) is 42.1 Å². The monoisotopic (exact) mass is 356 g/mol. The fourth-order valence-corrected chi connectivity index (χ4v) is 2.83. The lowest BCUT2D eigenvalue weighted by Crippen LogP contribution is -2.08. The standard InChI is InChI=1S/C16H13ClN6O2/c1-25-12(24)6-7-22-9-18-13-14(22)20-16(17)21-15(13)23-11-5-3-2-4-10(11)8-19-23/h2-5,8-9H,6-7H2,1H3. The van der Waals surface area contributed by atoms with Gasteiger partial charge in [0, 0.05) is 11.9 Å². The summed E-state index contributed by atoms with van der Waals surface area (Å²) in [7, 11) is 1.36. The molecule has 9 heteroatoms. The van der Waals surface area contributed by atoms with Crippen LogP contribution in [-0.4, -0.2) is 42.4 Å². The second kappa shape index (κ2) is 6.14. The van der Waals surface area contributed by atoms with Crippen LogP contribution >= 0.6 is 11.6 Å². The Morgan fingerprint density at radius 2 is 2.12 bits per heavy atom. The van der Waals surface area contributed by atoms with Crippen molar-refractivity contribution in [1.29, 1.82) is 0 Å². The smallest absolute Gasteiger partial charge is 0.307 e. The van der Waals surface area contributed by atoms with Gasteiger partial charge in [0.25, 0.3) is 0 Å². The van der Waals surface area contributed by atoms with Crippen molar-refractivity contribution in [2.24, 2.45) is 0 Å². The van der Waals surface area contributed by atoms with E-state index in [0.29, 0.717) is 23.5 Å². The number of hydrogen-bond acceptors (Lipinski definition) is 6. The van der Waals surface area contributed by atoms with Crippen LogP contribution in [0.5, 0.6) is 0 Å². The number of esters is 1. The Kier molecular flexibility index (Phi) is 3.81. The number of methoxy groups -OCH3 is 1. The maximum atomic E-state index is 11.4. The second-order valence-electron chi connectivity index (χ2n) is 5.37. The molecule has 0 aliphatic heterocycles. The Morgan fingerprint density at radius 1 is 1.28 bits per heavy atom. The number of halogens is 1. The molecule has 0 radical (unpaired) electrons. The first-order valence-electron chi connectivity index (χ1n) is 7.55. The van der Waals surface area contributed by atoms with Crippen LogP contribution in [0.4, 0.5) is 0 Å². The first kappa shape index (κ1) is 15.5. The van der Waals surface area contributed by atoms with E-state index in [9.17, 15) is 4.79 Å². The third kappa shape index (κ3) is 2.70. The van der Waals surface area contributed by atoms with Gasteiger partial charge in [-0.2, -0.15) is 15.1 Å². The summed E-state index contributed by atoms with van der Waals surface area (Å²) in [4.78, 5) is 24.3. The summed E-state index contributed by atoms with van der Waals surface area (Å²) in [6.07, 6.45) is 3.57. The van der Waals surface area contributed by atoms with E-state index in [1.165, 1.54) is 7.11 Å². The number of ether oxygens (including phenoxy) is 1. The number of benzene rings is 1. The van der Waals surface area contributed by atoms with Crippen LogP contribution in [0.25, 0.3) is 27.9 Å². The summed E-state index contributed by atoms with van der Waals surface area (Å²) < 4.78 is 8.10.